The van der Waals surface area contributed by atoms with Crippen molar-refractivity contribution in [1.29, 1.82) is 0 Å². The second-order valence-electron chi connectivity index (χ2n) is 6.61. The number of nitrogens with zero attached hydrogens (tertiary/aromatic N) is 4. The molecule has 2 aromatic carbocycles. The van der Waals surface area contributed by atoms with E-state index in [-0.39, 0.29) is 0 Å². The molecule has 0 bridgehead atoms. The molecule has 146 valence electrons. The number of methoxy groups -OCH3 is 2. The van der Waals surface area contributed by atoms with Crippen molar-refractivity contribution in [3.05, 3.63) is 54.6 Å². The molecule has 0 radical (unpaired) electrons. The lowest BCUT2D eigenvalue weighted by molar-refractivity contribution is 0.275. The Labute approximate surface area is 170 Å². The van der Waals surface area contributed by atoms with E-state index in [4.69, 9.17) is 22.3 Å². The van der Waals surface area contributed by atoms with Crippen molar-refractivity contribution < 1.29 is 9.47 Å². The lowest BCUT2D eigenvalue weighted by Crippen LogP contribution is -2.51. The molecule has 4 rings (SSSR count). The number of fused-ring (bicyclic) bond motifs is 1. The molecule has 0 saturated carbocycles. The number of hydrogen-bond donors (Lipinski definition) is 1. The van der Waals surface area contributed by atoms with Crippen molar-refractivity contribution >= 4 is 35.1 Å². The lowest BCUT2D eigenvalue weighted by Gasteiger charge is -2.40. The van der Waals surface area contributed by atoms with Crippen molar-refractivity contribution in [3.63, 3.8) is 0 Å². The Morgan fingerprint density at radius 3 is 2.39 bits per heavy atom. The van der Waals surface area contributed by atoms with E-state index in [0.717, 1.165) is 54.2 Å². The van der Waals surface area contributed by atoms with Gasteiger partial charge >= 0.3 is 0 Å². The standard InChI is InChI=1S/C21H24N4O2S/c1-26-20-10-6-5-9-18(20)23-11-13-24(14-12-23)25(28)19-15-16-7-3-4-8-17(16)22-21(19)27-2/h3-10,15,28H,11-14H2,1-2H3. The highest BCUT2D eigenvalue weighted by molar-refractivity contribution is 7.81. The maximum Gasteiger partial charge on any atom is 0.240 e. The fourth-order valence-corrected chi connectivity index (χ4v) is 3.87. The molecular formula is C21H24N4O2S. The van der Waals surface area contributed by atoms with Crippen LogP contribution < -0.4 is 18.8 Å². The number of para-hydroxylation sites is 3. The van der Waals surface area contributed by atoms with Crippen molar-refractivity contribution in [2.45, 2.75) is 0 Å². The summed E-state index contributed by atoms with van der Waals surface area (Å²) in [7, 11) is 3.35. The summed E-state index contributed by atoms with van der Waals surface area (Å²) >= 11 is 4.76. The van der Waals surface area contributed by atoms with E-state index in [1.807, 2.05) is 46.9 Å². The van der Waals surface area contributed by atoms with E-state index in [1.54, 1.807) is 14.2 Å². The Morgan fingerprint density at radius 1 is 0.929 bits per heavy atom. The van der Waals surface area contributed by atoms with Gasteiger partial charge in [0.1, 0.15) is 11.4 Å². The van der Waals surface area contributed by atoms with E-state index < -0.39 is 0 Å². The molecule has 1 aliphatic heterocycles. The summed E-state index contributed by atoms with van der Waals surface area (Å²) in [6.45, 7) is 3.41. The highest BCUT2D eigenvalue weighted by atomic mass is 32.1. The van der Waals surface area contributed by atoms with Crippen LogP contribution in [-0.2, 0) is 0 Å². The Balaban J connectivity index is 1.53. The molecular weight excluding hydrogens is 372 g/mol. The molecule has 0 amide bonds. The summed E-state index contributed by atoms with van der Waals surface area (Å²) < 4.78 is 12.9. The highest BCUT2D eigenvalue weighted by Crippen LogP contribution is 2.34. The number of hydrogen-bond acceptors (Lipinski definition) is 7. The zero-order chi connectivity index (χ0) is 19.5. The molecule has 1 aromatic heterocycles. The Morgan fingerprint density at radius 2 is 1.64 bits per heavy atom. The number of anilines is 2. The van der Waals surface area contributed by atoms with E-state index in [0.29, 0.717) is 5.88 Å². The molecule has 1 fully saturated rings. The van der Waals surface area contributed by atoms with Gasteiger partial charge < -0.3 is 14.4 Å². The Bertz CT molecular complexity index is 960. The third kappa shape index (κ3) is 3.55. The van der Waals surface area contributed by atoms with Gasteiger partial charge in [-0.15, -0.1) is 0 Å². The third-order valence-corrected chi connectivity index (χ3v) is 5.50. The SMILES string of the molecule is COc1ccccc1N1CCN(N(S)c2cc3ccccc3nc2OC)CC1. The summed E-state index contributed by atoms with van der Waals surface area (Å²) in [5.74, 6) is 1.47. The van der Waals surface area contributed by atoms with Crippen molar-refractivity contribution in [2.75, 3.05) is 49.7 Å². The number of thiol groups is 1. The molecule has 0 unspecified atom stereocenters. The fourth-order valence-electron chi connectivity index (χ4n) is 3.55. The predicted molar refractivity (Wildman–Crippen MR) is 117 cm³/mol. The van der Waals surface area contributed by atoms with E-state index in [2.05, 4.69) is 27.0 Å². The largest absolute Gasteiger partial charge is 0.495 e. The number of benzene rings is 2. The summed E-state index contributed by atoms with van der Waals surface area (Å²) in [4.78, 5) is 6.97. The monoisotopic (exact) mass is 396 g/mol. The summed E-state index contributed by atoms with van der Waals surface area (Å²) in [5, 5.41) is 3.26. The molecule has 1 saturated heterocycles. The molecule has 0 spiro atoms. The van der Waals surface area contributed by atoms with Crippen LogP contribution in [0.1, 0.15) is 0 Å². The van der Waals surface area contributed by atoms with Gasteiger partial charge in [-0.25, -0.2) is 14.4 Å². The fraction of sp³-hybridized carbons (Fsp3) is 0.286. The number of hydrazine groups is 1. The number of aromatic nitrogens is 1. The van der Waals surface area contributed by atoms with Crippen LogP contribution >= 0.6 is 12.8 Å². The van der Waals surface area contributed by atoms with E-state index in [1.165, 1.54) is 0 Å². The van der Waals surface area contributed by atoms with Crippen LogP contribution in [0.2, 0.25) is 0 Å². The minimum absolute atomic E-state index is 0.570. The van der Waals surface area contributed by atoms with Gasteiger partial charge in [-0.2, -0.15) is 0 Å². The third-order valence-electron chi connectivity index (χ3n) is 5.03. The van der Waals surface area contributed by atoms with Gasteiger partial charge in [0.25, 0.3) is 0 Å². The minimum atomic E-state index is 0.570. The summed E-state index contributed by atoms with van der Waals surface area (Å²) in [6, 6.07) is 18.2. The first-order valence-electron chi connectivity index (χ1n) is 9.27. The lowest BCUT2D eigenvalue weighted by atomic mass is 10.2. The van der Waals surface area contributed by atoms with Crippen molar-refractivity contribution in [1.82, 2.24) is 9.99 Å². The minimum Gasteiger partial charge on any atom is -0.495 e. The average Bonchev–Trinajstić information content (AvgIpc) is 2.77. The van der Waals surface area contributed by atoms with Crippen LogP contribution in [0.3, 0.4) is 0 Å². The topological polar surface area (TPSA) is 41.1 Å². The summed E-state index contributed by atoms with van der Waals surface area (Å²) in [5.41, 5.74) is 2.88. The van der Waals surface area contributed by atoms with Crippen LogP contribution in [0.25, 0.3) is 10.9 Å². The zero-order valence-corrected chi connectivity index (χ0v) is 17.0. The van der Waals surface area contributed by atoms with Gasteiger partial charge in [0.15, 0.2) is 0 Å². The van der Waals surface area contributed by atoms with E-state index >= 15 is 0 Å². The molecule has 6 nitrogen and oxygen atoms in total. The van der Waals surface area contributed by atoms with Gasteiger partial charge in [-0.1, -0.05) is 30.3 Å². The van der Waals surface area contributed by atoms with Crippen molar-refractivity contribution in [2.24, 2.45) is 0 Å². The van der Waals surface area contributed by atoms with Crippen molar-refractivity contribution in [3.8, 4) is 11.6 Å². The van der Waals surface area contributed by atoms with Gasteiger partial charge in [0.2, 0.25) is 5.88 Å². The number of pyridine rings is 1. The van der Waals surface area contributed by atoms with Gasteiger partial charge in [0, 0.05) is 31.6 Å². The van der Waals surface area contributed by atoms with Crippen LogP contribution in [0.4, 0.5) is 11.4 Å². The second kappa shape index (κ2) is 8.16. The number of rotatable bonds is 5. The van der Waals surface area contributed by atoms with Crippen LogP contribution in [0.5, 0.6) is 11.6 Å². The average molecular weight is 397 g/mol. The first-order chi connectivity index (χ1) is 13.7. The number of ether oxygens (including phenoxy) is 2. The molecule has 28 heavy (non-hydrogen) atoms. The van der Waals surface area contributed by atoms with Crippen LogP contribution in [0.15, 0.2) is 54.6 Å². The van der Waals surface area contributed by atoms with Crippen LogP contribution in [0, 0.1) is 0 Å². The van der Waals surface area contributed by atoms with Gasteiger partial charge in [-0.05, 0) is 37.1 Å². The quantitative estimate of drug-likeness (QED) is 0.664. The zero-order valence-electron chi connectivity index (χ0n) is 16.1. The van der Waals surface area contributed by atoms with Crippen LogP contribution in [-0.4, -0.2) is 50.4 Å². The molecule has 7 heteroatoms. The molecule has 3 aromatic rings. The summed E-state index contributed by atoms with van der Waals surface area (Å²) in [6.07, 6.45) is 0. The normalized spacial score (nSPS) is 14.9. The van der Waals surface area contributed by atoms with E-state index in [9.17, 15) is 0 Å². The first-order valence-corrected chi connectivity index (χ1v) is 9.67. The Hall–Kier alpha value is -2.64. The molecule has 0 aliphatic carbocycles. The number of piperazine rings is 1. The molecule has 0 N–H and O–H groups in total. The van der Waals surface area contributed by atoms with Gasteiger partial charge in [0.05, 0.1) is 25.4 Å². The highest BCUT2D eigenvalue weighted by Gasteiger charge is 2.25. The second-order valence-corrected chi connectivity index (χ2v) is 6.99. The maximum absolute atomic E-state index is 5.53. The maximum atomic E-state index is 5.53. The first kappa shape index (κ1) is 18.7. The molecule has 0 atom stereocenters. The predicted octanol–water partition coefficient (Wildman–Crippen LogP) is 3.64. The molecule has 2 heterocycles. The van der Waals surface area contributed by atoms with Gasteiger partial charge in [-0.3, -0.25) is 0 Å². The molecule has 1 aliphatic rings. The Kier molecular flexibility index (Phi) is 5.45. The smallest absolute Gasteiger partial charge is 0.240 e.